The van der Waals surface area contributed by atoms with Crippen molar-refractivity contribution >= 4 is 0 Å². The van der Waals surface area contributed by atoms with E-state index in [4.69, 9.17) is 0 Å². The minimum atomic E-state index is -5.65. The molecule has 2 nitrogen and oxygen atoms in total. The fraction of sp³-hybridized carbons (Fsp3) is 1.00. The third-order valence-corrected chi connectivity index (χ3v) is 1.41. The van der Waals surface area contributed by atoms with Gasteiger partial charge in [0, 0.05) is 13.8 Å². The van der Waals surface area contributed by atoms with Crippen LogP contribution >= 0.6 is 0 Å². The molecular formula is C6H6F8O2. The fourth-order valence-electron chi connectivity index (χ4n) is 0.617. The molecule has 98 valence electrons. The predicted molar refractivity (Wildman–Crippen MR) is 33.3 cm³/mol. The second-order valence-corrected chi connectivity index (χ2v) is 2.93. The van der Waals surface area contributed by atoms with E-state index in [-0.39, 0.29) is 13.8 Å². The Hall–Kier alpha value is -0.640. The third kappa shape index (κ3) is 4.92. The Morgan fingerprint density at radius 2 is 0.750 bits per heavy atom. The molecule has 0 aliphatic rings. The van der Waals surface area contributed by atoms with Gasteiger partial charge in [0.05, 0.1) is 0 Å². The number of hydrogen-bond acceptors (Lipinski definition) is 2. The maximum atomic E-state index is 13.0. The Balaban J connectivity index is 4.85. The van der Waals surface area contributed by atoms with Crippen molar-refractivity contribution in [1.29, 1.82) is 0 Å². The van der Waals surface area contributed by atoms with Gasteiger partial charge in [0.1, 0.15) is 0 Å². The zero-order valence-electron chi connectivity index (χ0n) is 7.84. The van der Waals surface area contributed by atoms with E-state index in [1.165, 1.54) is 0 Å². The van der Waals surface area contributed by atoms with Crippen LogP contribution in [0.2, 0.25) is 0 Å². The van der Waals surface area contributed by atoms with Crippen LogP contribution in [0.25, 0.3) is 0 Å². The lowest BCUT2D eigenvalue weighted by Crippen LogP contribution is -2.52. The van der Waals surface area contributed by atoms with Crippen molar-refractivity contribution in [3.05, 3.63) is 0 Å². The summed E-state index contributed by atoms with van der Waals surface area (Å²) in [7, 11) is 0. The summed E-state index contributed by atoms with van der Waals surface area (Å²) in [5.41, 5.74) is 0. The Bertz CT molecular complexity index is 214. The lowest BCUT2D eigenvalue weighted by molar-refractivity contribution is -0.477. The molecule has 0 aliphatic heterocycles. The molecule has 0 fully saturated rings. The third-order valence-electron chi connectivity index (χ3n) is 1.41. The van der Waals surface area contributed by atoms with Gasteiger partial charge < -0.3 is 0 Å². The Kier molecular flexibility index (Phi) is 3.83. The number of ether oxygens (including phenoxy) is 2. The predicted octanol–water partition coefficient (Wildman–Crippen LogP) is 3.43. The number of alkyl halides is 8. The maximum absolute atomic E-state index is 13.0. The molecule has 0 bridgehead atoms. The maximum Gasteiger partial charge on any atom is 0.525 e. The second kappa shape index (κ2) is 3.99. The smallest absolute Gasteiger partial charge is 0.248 e. The lowest BCUT2D eigenvalue weighted by atomic mass is 10.2. The fourth-order valence-corrected chi connectivity index (χ4v) is 0.617. The van der Waals surface area contributed by atoms with Gasteiger partial charge in [-0.2, -0.15) is 0 Å². The molecule has 0 aliphatic carbocycles. The standard InChI is InChI=1S/C6H6F8O2/c1-3(7,15-5(9,10)11)4(2,8)16-6(12,13)14/h1-2H3. The van der Waals surface area contributed by atoms with Crippen molar-refractivity contribution in [3.8, 4) is 0 Å². The molecule has 0 aromatic rings. The van der Waals surface area contributed by atoms with E-state index in [0.717, 1.165) is 0 Å². The van der Waals surface area contributed by atoms with Gasteiger partial charge in [0.15, 0.2) is 0 Å². The number of hydrogen-bond donors (Lipinski definition) is 0. The molecule has 0 aromatic carbocycles. The summed E-state index contributed by atoms with van der Waals surface area (Å²) < 4.78 is 100. The van der Waals surface area contributed by atoms with E-state index in [9.17, 15) is 35.1 Å². The summed E-state index contributed by atoms with van der Waals surface area (Å²) in [6, 6.07) is 0. The summed E-state index contributed by atoms with van der Waals surface area (Å²) in [5.74, 6) is -8.69. The zero-order chi connectivity index (χ0) is 13.4. The van der Waals surface area contributed by atoms with Crippen LogP contribution in [0.1, 0.15) is 13.8 Å². The van der Waals surface area contributed by atoms with Gasteiger partial charge >= 0.3 is 12.7 Å². The zero-order valence-corrected chi connectivity index (χ0v) is 7.84. The molecule has 0 N–H and O–H groups in total. The van der Waals surface area contributed by atoms with Crippen LogP contribution in [0.5, 0.6) is 0 Å². The molecule has 0 heterocycles. The molecule has 10 heteroatoms. The van der Waals surface area contributed by atoms with E-state index >= 15 is 0 Å². The molecule has 2 atom stereocenters. The van der Waals surface area contributed by atoms with E-state index in [1.807, 2.05) is 0 Å². The van der Waals surface area contributed by atoms with Crippen molar-refractivity contribution < 1.29 is 44.6 Å². The summed E-state index contributed by atoms with van der Waals surface area (Å²) in [4.78, 5) is 0. The van der Waals surface area contributed by atoms with Crippen LogP contribution < -0.4 is 0 Å². The highest BCUT2D eigenvalue weighted by atomic mass is 19.4. The highest BCUT2D eigenvalue weighted by Crippen LogP contribution is 2.41. The minimum Gasteiger partial charge on any atom is -0.248 e. The van der Waals surface area contributed by atoms with Crippen LogP contribution in [0.4, 0.5) is 35.1 Å². The van der Waals surface area contributed by atoms with Gasteiger partial charge in [-0.3, -0.25) is 0 Å². The highest BCUT2D eigenvalue weighted by Gasteiger charge is 2.59. The molecule has 16 heavy (non-hydrogen) atoms. The van der Waals surface area contributed by atoms with Crippen LogP contribution in [0.15, 0.2) is 0 Å². The Morgan fingerprint density at radius 3 is 0.875 bits per heavy atom. The van der Waals surface area contributed by atoms with E-state index in [2.05, 4.69) is 9.47 Å². The quantitative estimate of drug-likeness (QED) is 0.725. The first kappa shape index (κ1) is 15.4. The van der Waals surface area contributed by atoms with Crippen LogP contribution in [0, 0.1) is 0 Å². The lowest BCUT2D eigenvalue weighted by Gasteiger charge is -2.33. The molecular weight excluding hydrogens is 256 g/mol. The average molecular weight is 262 g/mol. The molecule has 0 saturated heterocycles. The molecule has 0 aromatic heterocycles. The molecule has 0 saturated carbocycles. The van der Waals surface area contributed by atoms with E-state index in [0.29, 0.717) is 0 Å². The van der Waals surface area contributed by atoms with Crippen LogP contribution in [0.3, 0.4) is 0 Å². The van der Waals surface area contributed by atoms with Gasteiger partial charge in [-0.1, -0.05) is 0 Å². The van der Waals surface area contributed by atoms with Gasteiger partial charge in [-0.05, 0) is 0 Å². The first-order chi connectivity index (χ1) is 6.66. The normalized spacial score (nSPS) is 21.4. The van der Waals surface area contributed by atoms with Crippen LogP contribution in [-0.4, -0.2) is 24.4 Å². The first-order valence-corrected chi connectivity index (χ1v) is 3.58. The summed E-state index contributed by atoms with van der Waals surface area (Å²) in [5, 5.41) is 0. The van der Waals surface area contributed by atoms with Crippen molar-refractivity contribution in [2.75, 3.05) is 0 Å². The van der Waals surface area contributed by atoms with E-state index < -0.39 is 24.4 Å². The van der Waals surface area contributed by atoms with Crippen molar-refractivity contribution in [1.82, 2.24) is 0 Å². The Morgan fingerprint density at radius 1 is 0.562 bits per heavy atom. The summed E-state index contributed by atoms with van der Waals surface area (Å²) in [6.45, 7) is -0.349. The SMILES string of the molecule is CC(F)(OC(F)(F)F)C(C)(F)OC(F)(F)F. The van der Waals surface area contributed by atoms with Crippen molar-refractivity contribution in [2.45, 2.75) is 38.3 Å². The minimum absolute atomic E-state index is 0.174. The van der Waals surface area contributed by atoms with Gasteiger partial charge in [-0.25, -0.2) is 18.3 Å². The molecule has 0 spiro atoms. The first-order valence-electron chi connectivity index (χ1n) is 3.58. The molecule has 0 amide bonds. The largest absolute Gasteiger partial charge is 0.525 e. The average Bonchev–Trinajstić information content (AvgIpc) is 1.72. The monoisotopic (exact) mass is 262 g/mol. The summed E-state index contributed by atoms with van der Waals surface area (Å²) >= 11 is 0. The highest BCUT2D eigenvalue weighted by molar-refractivity contribution is 4.79. The van der Waals surface area contributed by atoms with Gasteiger partial charge in [0.2, 0.25) is 0 Å². The molecule has 0 rings (SSSR count). The summed E-state index contributed by atoms with van der Waals surface area (Å²) in [6.07, 6.45) is -11.3. The van der Waals surface area contributed by atoms with E-state index in [1.54, 1.807) is 0 Å². The van der Waals surface area contributed by atoms with Crippen molar-refractivity contribution in [3.63, 3.8) is 0 Å². The van der Waals surface area contributed by atoms with Crippen LogP contribution in [-0.2, 0) is 9.47 Å². The van der Waals surface area contributed by atoms with Crippen molar-refractivity contribution in [2.24, 2.45) is 0 Å². The molecule has 2 unspecified atom stereocenters. The topological polar surface area (TPSA) is 18.5 Å². The Labute approximate surface area is 84.1 Å². The van der Waals surface area contributed by atoms with Gasteiger partial charge in [0.25, 0.3) is 11.7 Å². The number of halogens is 8. The number of rotatable bonds is 3. The van der Waals surface area contributed by atoms with Gasteiger partial charge in [-0.15, -0.1) is 26.3 Å². The molecule has 0 radical (unpaired) electrons. The second-order valence-electron chi connectivity index (χ2n) is 2.93.